The standard InChI is InChI=1S/C13H17BrN2O3.BrH/c1-8-5-11(15-7-9(8)10(17)6-14)16-12(18)19-13(2,3)4;/h5,7H,6H2,1-4H3,(H,15,16,18);1H. The zero-order chi connectivity index (χ0) is 14.6. The number of carbonyl (C=O) groups is 2. The van der Waals surface area contributed by atoms with Crippen molar-refractivity contribution in [3.8, 4) is 0 Å². The van der Waals surface area contributed by atoms with Gasteiger partial charge in [-0.3, -0.25) is 10.1 Å². The Morgan fingerprint density at radius 1 is 1.40 bits per heavy atom. The number of aryl methyl sites for hydroxylation is 1. The number of amides is 1. The maximum absolute atomic E-state index is 11.6. The van der Waals surface area contributed by atoms with E-state index >= 15 is 0 Å². The zero-order valence-electron chi connectivity index (χ0n) is 11.8. The SMILES string of the molecule is Br.Cc1cc(NC(=O)OC(C)(C)C)ncc1C(=O)CBr. The van der Waals surface area contributed by atoms with Gasteiger partial charge < -0.3 is 4.74 Å². The van der Waals surface area contributed by atoms with E-state index in [0.717, 1.165) is 5.56 Å². The second kappa shape index (κ2) is 7.73. The lowest BCUT2D eigenvalue weighted by atomic mass is 10.1. The van der Waals surface area contributed by atoms with E-state index in [-0.39, 0.29) is 28.1 Å². The van der Waals surface area contributed by atoms with E-state index in [1.54, 1.807) is 33.8 Å². The third-order valence-corrected chi connectivity index (χ3v) is 2.67. The van der Waals surface area contributed by atoms with Crippen molar-refractivity contribution >= 4 is 50.6 Å². The van der Waals surface area contributed by atoms with Gasteiger partial charge in [-0.25, -0.2) is 9.78 Å². The van der Waals surface area contributed by atoms with Crippen molar-refractivity contribution in [2.75, 3.05) is 10.6 Å². The first-order valence-corrected chi connectivity index (χ1v) is 6.91. The van der Waals surface area contributed by atoms with Crippen LogP contribution in [-0.2, 0) is 4.74 Å². The van der Waals surface area contributed by atoms with E-state index in [2.05, 4.69) is 26.2 Å². The van der Waals surface area contributed by atoms with E-state index in [1.807, 2.05) is 0 Å². The number of carbonyl (C=O) groups excluding carboxylic acids is 2. The molecule has 20 heavy (non-hydrogen) atoms. The number of pyridine rings is 1. The Morgan fingerprint density at radius 2 is 2.00 bits per heavy atom. The summed E-state index contributed by atoms with van der Waals surface area (Å²) in [5.41, 5.74) is 0.725. The summed E-state index contributed by atoms with van der Waals surface area (Å²) in [4.78, 5) is 27.1. The molecule has 0 aliphatic heterocycles. The van der Waals surface area contributed by atoms with Crippen LogP contribution in [0.1, 0.15) is 36.7 Å². The van der Waals surface area contributed by atoms with Gasteiger partial charge in [0.1, 0.15) is 11.4 Å². The minimum atomic E-state index is -0.570. The van der Waals surface area contributed by atoms with E-state index in [0.29, 0.717) is 11.4 Å². The van der Waals surface area contributed by atoms with Crippen LogP contribution in [0.4, 0.5) is 10.6 Å². The molecule has 0 aromatic carbocycles. The molecular weight excluding hydrogens is 392 g/mol. The number of alkyl halides is 1. The van der Waals surface area contributed by atoms with E-state index in [4.69, 9.17) is 4.74 Å². The Hall–Kier alpha value is -0.950. The monoisotopic (exact) mass is 408 g/mol. The Morgan fingerprint density at radius 3 is 2.45 bits per heavy atom. The summed E-state index contributed by atoms with van der Waals surface area (Å²) in [7, 11) is 0. The first-order valence-electron chi connectivity index (χ1n) is 5.79. The van der Waals surface area contributed by atoms with Gasteiger partial charge in [-0.15, -0.1) is 17.0 Å². The minimum Gasteiger partial charge on any atom is -0.444 e. The van der Waals surface area contributed by atoms with Gasteiger partial charge in [-0.2, -0.15) is 0 Å². The highest BCUT2D eigenvalue weighted by atomic mass is 79.9. The Bertz CT molecular complexity index is 499. The molecule has 1 rings (SSSR count). The molecule has 0 unspecified atom stereocenters. The van der Waals surface area contributed by atoms with Crippen LogP contribution in [0.2, 0.25) is 0 Å². The maximum Gasteiger partial charge on any atom is 0.413 e. The van der Waals surface area contributed by atoms with Gasteiger partial charge in [0, 0.05) is 11.8 Å². The minimum absolute atomic E-state index is 0. The van der Waals surface area contributed by atoms with Gasteiger partial charge >= 0.3 is 6.09 Å². The summed E-state index contributed by atoms with van der Waals surface area (Å²) >= 11 is 3.11. The molecule has 0 aliphatic rings. The van der Waals surface area contributed by atoms with Crippen LogP contribution >= 0.6 is 32.9 Å². The summed E-state index contributed by atoms with van der Waals surface area (Å²) in [6.07, 6.45) is 0.880. The van der Waals surface area contributed by atoms with E-state index in [1.165, 1.54) is 6.20 Å². The van der Waals surface area contributed by atoms with Crippen molar-refractivity contribution in [1.29, 1.82) is 0 Å². The second-order valence-electron chi connectivity index (χ2n) is 5.07. The first-order chi connectivity index (χ1) is 8.73. The Balaban J connectivity index is 0.00000361. The van der Waals surface area contributed by atoms with Crippen LogP contribution in [0.3, 0.4) is 0 Å². The number of anilines is 1. The van der Waals surface area contributed by atoms with E-state index < -0.39 is 11.7 Å². The molecule has 1 N–H and O–H groups in total. The van der Waals surface area contributed by atoms with Crippen LogP contribution in [0.25, 0.3) is 0 Å². The van der Waals surface area contributed by atoms with E-state index in [9.17, 15) is 9.59 Å². The molecule has 0 radical (unpaired) electrons. The molecule has 1 aromatic rings. The summed E-state index contributed by atoms with van der Waals surface area (Å²) in [5.74, 6) is 0.312. The van der Waals surface area contributed by atoms with Gasteiger partial charge in [-0.1, -0.05) is 15.9 Å². The lowest BCUT2D eigenvalue weighted by Gasteiger charge is -2.19. The number of ketones is 1. The summed E-state index contributed by atoms with van der Waals surface area (Å²) in [5, 5.41) is 2.77. The van der Waals surface area contributed by atoms with Crippen LogP contribution in [0.5, 0.6) is 0 Å². The quantitative estimate of drug-likeness (QED) is 0.607. The molecule has 0 fully saturated rings. The van der Waals surface area contributed by atoms with Gasteiger partial charge in [0.05, 0.1) is 5.33 Å². The molecule has 0 bridgehead atoms. The van der Waals surface area contributed by atoms with Gasteiger partial charge in [0.15, 0.2) is 5.78 Å². The maximum atomic E-state index is 11.6. The highest BCUT2D eigenvalue weighted by Gasteiger charge is 2.17. The largest absolute Gasteiger partial charge is 0.444 e. The molecule has 1 heterocycles. The number of hydrogen-bond donors (Lipinski definition) is 1. The third-order valence-electron chi connectivity index (χ3n) is 2.16. The lowest BCUT2D eigenvalue weighted by molar-refractivity contribution is 0.0635. The van der Waals surface area contributed by atoms with Crippen LogP contribution in [0.15, 0.2) is 12.3 Å². The highest BCUT2D eigenvalue weighted by molar-refractivity contribution is 9.09. The fourth-order valence-electron chi connectivity index (χ4n) is 1.40. The Labute approximate surface area is 137 Å². The normalized spacial score (nSPS) is 10.4. The van der Waals surface area contributed by atoms with Crippen LogP contribution in [0, 0.1) is 6.92 Å². The number of aromatic nitrogens is 1. The molecule has 0 atom stereocenters. The predicted molar refractivity (Wildman–Crippen MR) is 87.3 cm³/mol. The highest BCUT2D eigenvalue weighted by Crippen LogP contribution is 2.15. The molecule has 5 nitrogen and oxygen atoms in total. The molecule has 0 aliphatic carbocycles. The smallest absolute Gasteiger partial charge is 0.413 e. The van der Waals surface area contributed by atoms with Crippen molar-refractivity contribution in [1.82, 2.24) is 4.98 Å². The van der Waals surface area contributed by atoms with Gasteiger partial charge in [0.25, 0.3) is 0 Å². The first kappa shape index (κ1) is 19.1. The lowest BCUT2D eigenvalue weighted by Crippen LogP contribution is -2.27. The molecule has 0 saturated heterocycles. The predicted octanol–water partition coefficient (Wildman–Crippen LogP) is 3.89. The molecule has 0 saturated carbocycles. The third kappa shape index (κ3) is 6.00. The van der Waals surface area contributed by atoms with Crippen LogP contribution in [-0.4, -0.2) is 27.8 Å². The summed E-state index contributed by atoms with van der Waals surface area (Å²) in [6.45, 7) is 7.13. The fourth-order valence-corrected chi connectivity index (χ4v) is 1.70. The number of rotatable bonds is 3. The van der Waals surface area contributed by atoms with Crippen molar-refractivity contribution in [2.24, 2.45) is 0 Å². The summed E-state index contributed by atoms with van der Waals surface area (Å²) in [6, 6.07) is 1.64. The van der Waals surface area contributed by atoms with Crippen molar-refractivity contribution in [3.63, 3.8) is 0 Å². The topological polar surface area (TPSA) is 68.3 Å². The molecule has 1 aromatic heterocycles. The second-order valence-corrected chi connectivity index (χ2v) is 5.63. The fraction of sp³-hybridized carbons (Fsp3) is 0.462. The van der Waals surface area contributed by atoms with Gasteiger partial charge in [-0.05, 0) is 39.3 Å². The number of nitrogens with one attached hydrogen (secondary N) is 1. The van der Waals surface area contributed by atoms with Crippen molar-refractivity contribution in [2.45, 2.75) is 33.3 Å². The molecule has 112 valence electrons. The molecular formula is C13H18Br2N2O3. The average molecular weight is 410 g/mol. The molecule has 0 spiro atoms. The molecule has 1 amide bonds. The number of ether oxygens (including phenoxy) is 1. The number of nitrogens with zero attached hydrogens (tertiary/aromatic N) is 1. The average Bonchev–Trinajstić information content (AvgIpc) is 2.25. The van der Waals surface area contributed by atoms with Crippen molar-refractivity contribution in [3.05, 3.63) is 23.4 Å². The number of halogens is 2. The van der Waals surface area contributed by atoms with Crippen LogP contribution < -0.4 is 5.32 Å². The number of hydrogen-bond acceptors (Lipinski definition) is 4. The zero-order valence-corrected chi connectivity index (χ0v) is 15.1. The van der Waals surface area contributed by atoms with Gasteiger partial charge in [0.2, 0.25) is 0 Å². The molecule has 7 heteroatoms. The summed E-state index contributed by atoms with van der Waals surface area (Å²) < 4.78 is 5.12. The number of Topliss-reactive ketones (excluding diaryl/α,β-unsaturated/α-hetero) is 1. The Kier molecular flexibility index (Phi) is 7.37. The van der Waals surface area contributed by atoms with Crippen molar-refractivity contribution < 1.29 is 14.3 Å².